The zero-order chi connectivity index (χ0) is 12.5. The molecular formula is C15H24BrN. The van der Waals surface area contributed by atoms with Gasteiger partial charge in [-0.25, -0.2) is 0 Å². The van der Waals surface area contributed by atoms with E-state index in [1.54, 1.807) is 0 Å². The van der Waals surface area contributed by atoms with Crippen molar-refractivity contribution in [3.63, 3.8) is 0 Å². The molecule has 0 amide bonds. The Labute approximate surface area is 114 Å². The van der Waals surface area contributed by atoms with Gasteiger partial charge in [0, 0.05) is 24.1 Å². The molecule has 0 bridgehead atoms. The van der Waals surface area contributed by atoms with Crippen molar-refractivity contribution < 1.29 is 0 Å². The number of nitrogens with zero attached hydrogens (tertiary/aromatic N) is 1. The van der Waals surface area contributed by atoms with Crippen LogP contribution < -0.4 is 4.90 Å². The quantitative estimate of drug-likeness (QED) is 0.611. The van der Waals surface area contributed by atoms with Crippen molar-refractivity contribution in [1.82, 2.24) is 0 Å². The van der Waals surface area contributed by atoms with E-state index in [1.165, 1.54) is 50.0 Å². The van der Waals surface area contributed by atoms with E-state index >= 15 is 0 Å². The molecule has 1 aromatic carbocycles. The number of anilines is 1. The van der Waals surface area contributed by atoms with E-state index < -0.39 is 0 Å². The highest BCUT2D eigenvalue weighted by molar-refractivity contribution is 9.08. The fraction of sp³-hybridized carbons (Fsp3) is 0.600. The Kier molecular flexibility index (Phi) is 7.34. The van der Waals surface area contributed by atoms with E-state index in [4.69, 9.17) is 0 Å². The van der Waals surface area contributed by atoms with Gasteiger partial charge in [-0.05, 0) is 24.5 Å². The minimum absolute atomic E-state index is 0.942. The molecule has 0 radical (unpaired) electrons. The maximum Gasteiger partial charge on any atom is 0.0407 e. The second-order valence-electron chi connectivity index (χ2n) is 4.46. The summed E-state index contributed by atoms with van der Waals surface area (Å²) in [5.41, 5.74) is 2.81. The lowest BCUT2D eigenvalue weighted by Gasteiger charge is -2.26. The number of para-hydroxylation sites is 1. The van der Waals surface area contributed by atoms with E-state index in [0.717, 1.165) is 5.33 Å². The lowest BCUT2D eigenvalue weighted by molar-refractivity contribution is 0.676. The molecule has 96 valence electrons. The molecule has 0 N–H and O–H groups in total. The van der Waals surface area contributed by atoms with Gasteiger partial charge in [0.15, 0.2) is 0 Å². The average molecular weight is 298 g/mol. The second-order valence-corrected chi connectivity index (χ2v) is 5.02. The summed E-state index contributed by atoms with van der Waals surface area (Å²) in [7, 11) is 0. The number of alkyl halides is 1. The average Bonchev–Trinajstić information content (AvgIpc) is 2.39. The molecule has 1 aromatic rings. The van der Waals surface area contributed by atoms with E-state index in [2.05, 4.69) is 58.9 Å². The fourth-order valence-corrected chi connectivity index (χ4v) is 2.46. The minimum Gasteiger partial charge on any atom is -0.371 e. The van der Waals surface area contributed by atoms with Gasteiger partial charge < -0.3 is 4.90 Å². The number of hydrogen-bond donors (Lipinski definition) is 0. The Morgan fingerprint density at radius 3 is 2.12 bits per heavy atom. The second kappa shape index (κ2) is 8.57. The molecule has 0 heterocycles. The maximum atomic E-state index is 3.59. The van der Waals surface area contributed by atoms with E-state index in [1.807, 2.05) is 0 Å². The van der Waals surface area contributed by atoms with Crippen LogP contribution in [0.4, 0.5) is 5.69 Å². The highest BCUT2D eigenvalue weighted by Gasteiger charge is 2.09. The van der Waals surface area contributed by atoms with Crippen LogP contribution in [0.3, 0.4) is 0 Å². The van der Waals surface area contributed by atoms with E-state index in [-0.39, 0.29) is 0 Å². The SMILES string of the molecule is CCCCN(CCCC)c1ccccc1CBr. The number of benzene rings is 1. The molecule has 1 nitrogen and oxygen atoms in total. The van der Waals surface area contributed by atoms with Gasteiger partial charge in [-0.15, -0.1) is 0 Å². The van der Waals surface area contributed by atoms with Gasteiger partial charge >= 0.3 is 0 Å². The van der Waals surface area contributed by atoms with Gasteiger partial charge in [0.05, 0.1) is 0 Å². The van der Waals surface area contributed by atoms with Crippen molar-refractivity contribution in [2.45, 2.75) is 44.9 Å². The topological polar surface area (TPSA) is 3.24 Å². The molecule has 0 aromatic heterocycles. The standard InChI is InChI=1S/C15H24BrN/c1-3-5-11-17(12-6-4-2)15-10-8-7-9-14(15)13-16/h7-10H,3-6,11-13H2,1-2H3. The first-order valence-corrected chi connectivity index (χ1v) is 7.84. The van der Waals surface area contributed by atoms with Gasteiger partial charge in [0.1, 0.15) is 0 Å². The zero-order valence-corrected chi connectivity index (χ0v) is 12.7. The summed E-state index contributed by atoms with van der Waals surface area (Å²) in [5, 5.41) is 0.942. The van der Waals surface area contributed by atoms with Gasteiger partial charge in [-0.3, -0.25) is 0 Å². The minimum atomic E-state index is 0.942. The molecule has 0 aliphatic carbocycles. The summed E-state index contributed by atoms with van der Waals surface area (Å²) < 4.78 is 0. The van der Waals surface area contributed by atoms with Crippen LogP contribution in [-0.2, 0) is 5.33 Å². The number of halogens is 1. The summed E-state index contributed by atoms with van der Waals surface area (Å²) in [5.74, 6) is 0. The van der Waals surface area contributed by atoms with Crippen molar-refractivity contribution in [2.24, 2.45) is 0 Å². The smallest absolute Gasteiger partial charge is 0.0407 e. The summed E-state index contributed by atoms with van der Waals surface area (Å²) in [6, 6.07) is 8.74. The van der Waals surface area contributed by atoms with Crippen LogP contribution in [0, 0.1) is 0 Å². The Hall–Kier alpha value is -0.500. The van der Waals surface area contributed by atoms with Crippen molar-refractivity contribution in [3.05, 3.63) is 29.8 Å². The van der Waals surface area contributed by atoms with Gasteiger partial charge in [0.2, 0.25) is 0 Å². The molecule has 0 saturated carbocycles. The number of rotatable bonds is 8. The molecule has 0 fully saturated rings. The third kappa shape index (κ3) is 4.71. The van der Waals surface area contributed by atoms with Crippen LogP contribution in [0.2, 0.25) is 0 Å². The summed E-state index contributed by atoms with van der Waals surface area (Å²) in [6.45, 7) is 6.88. The highest BCUT2D eigenvalue weighted by atomic mass is 79.9. The maximum absolute atomic E-state index is 3.59. The molecule has 17 heavy (non-hydrogen) atoms. The normalized spacial score (nSPS) is 10.5. The Bertz CT molecular complexity index is 304. The molecule has 0 atom stereocenters. The summed E-state index contributed by atoms with van der Waals surface area (Å²) in [6.07, 6.45) is 5.08. The van der Waals surface area contributed by atoms with Crippen molar-refractivity contribution in [1.29, 1.82) is 0 Å². The van der Waals surface area contributed by atoms with Gasteiger partial charge in [-0.2, -0.15) is 0 Å². The van der Waals surface area contributed by atoms with Crippen molar-refractivity contribution >= 4 is 21.6 Å². The molecule has 0 unspecified atom stereocenters. The Morgan fingerprint density at radius 1 is 1.00 bits per heavy atom. The van der Waals surface area contributed by atoms with E-state index in [0.29, 0.717) is 0 Å². The highest BCUT2D eigenvalue weighted by Crippen LogP contribution is 2.23. The van der Waals surface area contributed by atoms with Crippen LogP contribution in [0.15, 0.2) is 24.3 Å². The molecule has 0 aliphatic heterocycles. The Morgan fingerprint density at radius 2 is 1.59 bits per heavy atom. The molecule has 1 rings (SSSR count). The van der Waals surface area contributed by atoms with Gasteiger partial charge in [-0.1, -0.05) is 60.8 Å². The van der Waals surface area contributed by atoms with Crippen molar-refractivity contribution in [3.8, 4) is 0 Å². The molecule has 2 heteroatoms. The van der Waals surface area contributed by atoms with Crippen LogP contribution in [0.25, 0.3) is 0 Å². The largest absolute Gasteiger partial charge is 0.371 e. The van der Waals surface area contributed by atoms with Crippen molar-refractivity contribution in [2.75, 3.05) is 18.0 Å². The monoisotopic (exact) mass is 297 g/mol. The lowest BCUT2D eigenvalue weighted by Crippen LogP contribution is -2.26. The molecular weight excluding hydrogens is 274 g/mol. The van der Waals surface area contributed by atoms with Crippen LogP contribution in [-0.4, -0.2) is 13.1 Å². The number of unbranched alkanes of at least 4 members (excludes halogenated alkanes) is 2. The summed E-state index contributed by atoms with van der Waals surface area (Å²) >= 11 is 3.59. The van der Waals surface area contributed by atoms with Crippen LogP contribution in [0.1, 0.15) is 45.1 Å². The molecule has 0 spiro atoms. The van der Waals surface area contributed by atoms with E-state index in [9.17, 15) is 0 Å². The first-order valence-electron chi connectivity index (χ1n) is 6.72. The van der Waals surface area contributed by atoms with Gasteiger partial charge in [0.25, 0.3) is 0 Å². The third-order valence-corrected chi connectivity index (χ3v) is 3.64. The lowest BCUT2D eigenvalue weighted by atomic mass is 10.1. The molecule has 0 aliphatic rings. The van der Waals surface area contributed by atoms with Crippen LogP contribution in [0.5, 0.6) is 0 Å². The first-order chi connectivity index (χ1) is 8.33. The zero-order valence-electron chi connectivity index (χ0n) is 11.1. The predicted octanol–water partition coefficient (Wildman–Crippen LogP) is 4.99. The first kappa shape index (κ1) is 14.6. The van der Waals surface area contributed by atoms with Crippen LogP contribution >= 0.6 is 15.9 Å². The number of hydrogen-bond acceptors (Lipinski definition) is 1. The fourth-order valence-electron chi connectivity index (χ4n) is 1.98. The third-order valence-electron chi connectivity index (χ3n) is 3.04. The predicted molar refractivity (Wildman–Crippen MR) is 81.1 cm³/mol. The molecule has 0 saturated heterocycles. The summed E-state index contributed by atoms with van der Waals surface area (Å²) in [4.78, 5) is 2.55. The Balaban J connectivity index is 2.78.